The molecule has 0 aliphatic carbocycles. The molecule has 0 aliphatic rings. The number of ether oxygens (including phenoxy) is 2. The fourth-order valence-corrected chi connectivity index (χ4v) is 4.33. The summed E-state index contributed by atoms with van der Waals surface area (Å²) in [6.07, 6.45) is 0. The lowest BCUT2D eigenvalue weighted by Gasteiger charge is -2.15. The average molecular weight is 496 g/mol. The van der Waals surface area contributed by atoms with Gasteiger partial charge in [-0.05, 0) is 64.4 Å². The minimum Gasteiger partial charge on any atom is -0.496 e. The van der Waals surface area contributed by atoms with Crippen molar-refractivity contribution in [1.82, 2.24) is 0 Å². The highest BCUT2D eigenvalue weighted by molar-refractivity contribution is 6.31. The zero-order valence-corrected chi connectivity index (χ0v) is 20.4. The van der Waals surface area contributed by atoms with E-state index in [9.17, 15) is 9.59 Å². The molecule has 0 atom stereocenters. The highest BCUT2D eigenvalue weighted by Gasteiger charge is 2.19. The molecule has 6 heteroatoms. The second-order valence-corrected chi connectivity index (χ2v) is 8.83. The number of halogens is 1. The molecule has 0 aliphatic heterocycles. The number of methoxy groups -OCH3 is 1. The van der Waals surface area contributed by atoms with E-state index in [4.69, 9.17) is 21.1 Å². The number of carbonyl (C=O) groups is 2. The number of aryl methyl sites for hydroxylation is 1. The highest BCUT2D eigenvalue weighted by atomic mass is 35.5. The van der Waals surface area contributed by atoms with E-state index in [0.717, 1.165) is 27.1 Å². The third-order valence-corrected chi connectivity index (χ3v) is 6.25. The molecule has 0 heterocycles. The Hall–Kier alpha value is -4.35. The molecule has 5 nitrogen and oxygen atoms in total. The van der Waals surface area contributed by atoms with E-state index in [-0.39, 0.29) is 5.75 Å². The van der Waals surface area contributed by atoms with Crippen molar-refractivity contribution >= 4 is 50.7 Å². The van der Waals surface area contributed by atoms with E-state index < -0.39 is 11.9 Å². The molecular weight excluding hydrogens is 474 g/mol. The molecule has 0 saturated carbocycles. The summed E-state index contributed by atoms with van der Waals surface area (Å²) < 4.78 is 11.2. The van der Waals surface area contributed by atoms with Gasteiger partial charge in [0.2, 0.25) is 0 Å². The largest absolute Gasteiger partial charge is 0.496 e. The average Bonchev–Trinajstić information content (AvgIpc) is 2.88. The predicted octanol–water partition coefficient (Wildman–Crippen LogP) is 7.43. The molecule has 0 bridgehead atoms. The van der Waals surface area contributed by atoms with Gasteiger partial charge in [0.05, 0.1) is 23.9 Å². The van der Waals surface area contributed by atoms with Crippen LogP contribution in [0.15, 0.2) is 91.0 Å². The summed E-state index contributed by atoms with van der Waals surface area (Å²) in [5.74, 6) is -0.364. The Morgan fingerprint density at radius 3 is 1.94 bits per heavy atom. The summed E-state index contributed by atoms with van der Waals surface area (Å²) in [5, 5.41) is 7.03. The van der Waals surface area contributed by atoms with Crippen LogP contribution in [0.1, 0.15) is 26.3 Å². The monoisotopic (exact) mass is 495 g/mol. The molecule has 36 heavy (non-hydrogen) atoms. The number of fused-ring (bicyclic) bond motifs is 2. The zero-order valence-electron chi connectivity index (χ0n) is 19.7. The molecule has 0 unspecified atom stereocenters. The molecule has 0 saturated heterocycles. The minimum atomic E-state index is -0.542. The number of carbonyl (C=O) groups excluding carboxylic acids is 2. The molecule has 178 valence electrons. The van der Waals surface area contributed by atoms with Gasteiger partial charge in [0, 0.05) is 11.1 Å². The van der Waals surface area contributed by atoms with E-state index in [0.29, 0.717) is 27.6 Å². The zero-order chi connectivity index (χ0) is 25.2. The van der Waals surface area contributed by atoms with Crippen LogP contribution in [0.25, 0.3) is 21.5 Å². The molecule has 0 fully saturated rings. The van der Waals surface area contributed by atoms with E-state index in [2.05, 4.69) is 5.32 Å². The van der Waals surface area contributed by atoms with Gasteiger partial charge in [-0.15, -0.1) is 0 Å². The molecule has 0 spiro atoms. The van der Waals surface area contributed by atoms with Crippen LogP contribution < -0.4 is 14.8 Å². The van der Waals surface area contributed by atoms with Gasteiger partial charge in [-0.2, -0.15) is 0 Å². The molecule has 5 aromatic rings. The van der Waals surface area contributed by atoms with Gasteiger partial charge >= 0.3 is 5.97 Å². The molecule has 1 amide bonds. The number of nitrogens with one attached hydrogen (secondary N) is 1. The van der Waals surface area contributed by atoms with Crippen molar-refractivity contribution in [3.8, 4) is 11.5 Å². The third kappa shape index (κ3) is 4.61. The van der Waals surface area contributed by atoms with Crippen molar-refractivity contribution in [1.29, 1.82) is 0 Å². The van der Waals surface area contributed by atoms with Crippen LogP contribution in [0, 0.1) is 6.92 Å². The fraction of sp³-hybridized carbons (Fsp3) is 0.0667. The molecule has 0 aromatic heterocycles. The summed E-state index contributed by atoms with van der Waals surface area (Å²) in [5.41, 5.74) is 1.88. The fourth-order valence-electron chi connectivity index (χ4n) is 4.17. The van der Waals surface area contributed by atoms with Crippen molar-refractivity contribution in [3.05, 3.63) is 113 Å². The van der Waals surface area contributed by atoms with E-state index in [1.165, 1.54) is 13.2 Å². The van der Waals surface area contributed by atoms with E-state index in [1.807, 2.05) is 67.6 Å². The standard InChI is InChI=1S/C30H22ClNO4/c1-18-13-19-7-3-4-8-20(19)14-24(18)30(34)36-28-17-23(31)11-12-26(28)32-29(33)25-15-21-9-5-6-10-22(21)16-27(25)35-2/h3-17H,1-2H3,(H,32,33). The van der Waals surface area contributed by atoms with Gasteiger partial charge in [-0.1, -0.05) is 66.2 Å². The Bertz CT molecular complexity index is 1640. The van der Waals surface area contributed by atoms with Gasteiger partial charge in [0.1, 0.15) is 5.75 Å². The molecule has 0 radical (unpaired) electrons. The van der Waals surface area contributed by atoms with Gasteiger partial charge < -0.3 is 14.8 Å². The summed E-state index contributed by atoms with van der Waals surface area (Å²) in [6, 6.07) is 27.5. The first-order chi connectivity index (χ1) is 17.4. The first kappa shape index (κ1) is 23.4. The van der Waals surface area contributed by atoms with Crippen LogP contribution in [0.5, 0.6) is 11.5 Å². The van der Waals surface area contributed by atoms with Gasteiger partial charge in [0.15, 0.2) is 5.75 Å². The number of rotatable bonds is 5. The normalized spacial score (nSPS) is 10.9. The van der Waals surface area contributed by atoms with Crippen LogP contribution in [0.2, 0.25) is 5.02 Å². The first-order valence-electron chi connectivity index (χ1n) is 11.3. The van der Waals surface area contributed by atoms with Crippen LogP contribution in [0.3, 0.4) is 0 Å². The highest BCUT2D eigenvalue weighted by Crippen LogP contribution is 2.32. The SMILES string of the molecule is COc1cc2ccccc2cc1C(=O)Nc1ccc(Cl)cc1OC(=O)c1cc2ccccc2cc1C. The number of hydrogen-bond acceptors (Lipinski definition) is 4. The van der Waals surface area contributed by atoms with Crippen molar-refractivity contribution in [2.75, 3.05) is 12.4 Å². The number of amides is 1. The van der Waals surface area contributed by atoms with Crippen LogP contribution >= 0.6 is 11.6 Å². The van der Waals surface area contributed by atoms with Crippen molar-refractivity contribution in [3.63, 3.8) is 0 Å². The molecular formula is C30H22ClNO4. The quantitative estimate of drug-likeness (QED) is 0.203. The maximum atomic E-state index is 13.3. The van der Waals surface area contributed by atoms with Crippen molar-refractivity contribution < 1.29 is 19.1 Å². The third-order valence-electron chi connectivity index (χ3n) is 6.02. The Balaban J connectivity index is 1.46. The maximum absolute atomic E-state index is 13.3. The summed E-state index contributed by atoms with van der Waals surface area (Å²) >= 11 is 6.20. The Morgan fingerprint density at radius 1 is 0.722 bits per heavy atom. The maximum Gasteiger partial charge on any atom is 0.343 e. The van der Waals surface area contributed by atoms with Crippen LogP contribution in [-0.2, 0) is 0 Å². The van der Waals surface area contributed by atoms with Gasteiger partial charge in [0.25, 0.3) is 5.91 Å². The lowest BCUT2D eigenvalue weighted by Crippen LogP contribution is -2.16. The van der Waals surface area contributed by atoms with Crippen LogP contribution in [0.4, 0.5) is 5.69 Å². The second-order valence-electron chi connectivity index (χ2n) is 8.40. The number of anilines is 1. The van der Waals surface area contributed by atoms with E-state index >= 15 is 0 Å². The molecule has 5 rings (SSSR count). The number of hydrogen-bond donors (Lipinski definition) is 1. The lowest BCUT2D eigenvalue weighted by molar-refractivity contribution is 0.0734. The summed E-state index contributed by atoms with van der Waals surface area (Å²) in [6.45, 7) is 1.86. The van der Waals surface area contributed by atoms with Crippen molar-refractivity contribution in [2.45, 2.75) is 6.92 Å². The van der Waals surface area contributed by atoms with E-state index in [1.54, 1.807) is 24.3 Å². The molecule has 5 aromatic carbocycles. The Kier molecular flexibility index (Phi) is 6.32. The van der Waals surface area contributed by atoms with Crippen LogP contribution in [-0.4, -0.2) is 19.0 Å². The number of benzene rings is 5. The molecule has 1 N–H and O–H groups in total. The lowest BCUT2D eigenvalue weighted by atomic mass is 10.0. The second kappa shape index (κ2) is 9.72. The summed E-state index contributed by atoms with van der Waals surface area (Å²) in [4.78, 5) is 26.4. The van der Waals surface area contributed by atoms with Gasteiger partial charge in [-0.3, -0.25) is 4.79 Å². The smallest absolute Gasteiger partial charge is 0.343 e. The Morgan fingerprint density at radius 2 is 1.31 bits per heavy atom. The van der Waals surface area contributed by atoms with Crippen molar-refractivity contribution in [2.24, 2.45) is 0 Å². The Labute approximate surface area is 213 Å². The topological polar surface area (TPSA) is 64.6 Å². The predicted molar refractivity (Wildman–Crippen MR) is 144 cm³/mol. The minimum absolute atomic E-state index is 0.146. The van der Waals surface area contributed by atoms with Gasteiger partial charge in [-0.25, -0.2) is 4.79 Å². The first-order valence-corrected chi connectivity index (χ1v) is 11.7. The summed E-state index contributed by atoms with van der Waals surface area (Å²) in [7, 11) is 1.52. The number of esters is 1.